The minimum absolute atomic E-state index is 0.123. The van der Waals surface area contributed by atoms with E-state index < -0.39 is 29.9 Å². The summed E-state index contributed by atoms with van der Waals surface area (Å²) >= 11 is 0. The van der Waals surface area contributed by atoms with Gasteiger partial charge in [-0.05, 0) is 44.0 Å². The summed E-state index contributed by atoms with van der Waals surface area (Å²) in [7, 11) is 1.58. The summed E-state index contributed by atoms with van der Waals surface area (Å²) in [4.78, 5) is 12.4. The van der Waals surface area contributed by atoms with Gasteiger partial charge in [0.25, 0.3) is 0 Å². The number of aryl methyl sites for hydroxylation is 1. The Hall–Kier alpha value is -3.33. The predicted molar refractivity (Wildman–Crippen MR) is 120 cm³/mol. The Balaban J connectivity index is 1.98. The number of aromatic nitrogens is 3. The molecule has 0 radical (unpaired) electrons. The summed E-state index contributed by atoms with van der Waals surface area (Å²) in [5.41, 5.74) is 3.70. The molecule has 0 saturated heterocycles. The molecule has 0 saturated carbocycles. The van der Waals surface area contributed by atoms with E-state index >= 15 is 0 Å². The number of rotatable bonds is 6. The molecule has 7 nitrogen and oxygen atoms in total. The van der Waals surface area contributed by atoms with Crippen molar-refractivity contribution in [1.29, 1.82) is 0 Å². The van der Waals surface area contributed by atoms with Crippen molar-refractivity contribution in [2.45, 2.75) is 52.2 Å². The average molecular weight is 472 g/mol. The Labute approximate surface area is 196 Å². The summed E-state index contributed by atoms with van der Waals surface area (Å²) in [5.74, 6) is -3.52. The van der Waals surface area contributed by atoms with Gasteiger partial charge in [0.15, 0.2) is 5.82 Å². The van der Waals surface area contributed by atoms with E-state index in [0.717, 1.165) is 23.6 Å². The first-order chi connectivity index (χ1) is 16.2. The summed E-state index contributed by atoms with van der Waals surface area (Å²) in [6.45, 7) is 6.48. The molecule has 0 amide bonds. The molecule has 9 heteroatoms. The van der Waals surface area contributed by atoms with Gasteiger partial charge in [0.1, 0.15) is 18.0 Å². The fourth-order valence-corrected chi connectivity index (χ4v) is 4.30. The lowest BCUT2D eigenvalue weighted by atomic mass is 9.94. The molecular weight excluding hydrogens is 444 g/mol. The highest BCUT2D eigenvalue weighted by Crippen LogP contribution is 2.44. The number of hydrogen-bond acceptors (Lipinski definition) is 6. The largest absolute Gasteiger partial charge is 0.496 e. The van der Waals surface area contributed by atoms with Crippen LogP contribution in [0.2, 0.25) is 0 Å². The van der Waals surface area contributed by atoms with Crippen LogP contribution in [0.15, 0.2) is 36.4 Å². The van der Waals surface area contributed by atoms with Crippen molar-refractivity contribution < 1.29 is 27.8 Å². The summed E-state index contributed by atoms with van der Waals surface area (Å²) in [6.07, 6.45) is -1.84. The number of benzene rings is 2. The molecule has 1 aliphatic heterocycles. The second kappa shape index (κ2) is 9.13. The van der Waals surface area contributed by atoms with Crippen LogP contribution in [-0.2, 0) is 20.2 Å². The molecule has 0 N–H and O–H groups in total. The molecule has 180 valence electrons. The van der Waals surface area contributed by atoms with E-state index in [1.807, 2.05) is 44.2 Å². The van der Waals surface area contributed by atoms with Crippen molar-refractivity contribution in [3.05, 3.63) is 70.3 Å². The zero-order valence-electron chi connectivity index (χ0n) is 19.8. The minimum Gasteiger partial charge on any atom is -0.496 e. The second-order valence-corrected chi connectivity index (χ2v) is 8.36. The highest BCUT2D eigenvalue weighted by molar-refractivity contribution is 5.70. The maximum atomic E-state index is 14.6. The van der Waals surface area contributed by atoms with Crippen LogP contribution in [0.1, 0.15) is 66.4 Å². The summed E-state index contributed by atoms with van der Waals surface area (Å²) in [6, 6.07) is 11.1. The average Bonchev–Trinajstić information content (AvgIpc) is 3.18. The fraction of sp³-hybridized carbons (Fsp3) is 0.400. The molecule has 0 unspecified atom stereocenters. The van der Waals surface area contributed by atoms with Crippen molar-refractivity contribution in [3.63, 3.8) is 0 Å². The number of alkyl halides is 2. The third kappa shape index (κ3) is 4.27. The van der Waals surface area contributed by atoms with E-state index in [0.29, 0.717) is 17.0 Å². The lowest BCUT2D eigenvalue weighted by molar-refractivity contribution is -0.147. The first-order valence-corrected chi connectivity index (χ1v) is 11.0. The van der Waals surface area contributed by atoms with Crippen LogP contribution < -0.4 is 4.74 Å². The molecule has 0 spiro atoms. The van der Waals surface area contributed by atoms with Crippen LogP contribution in [0.4, 0.5) is 8.78 Å². The molecule has 4 rings (SSSR count). The lowest BCUT2D eigenvalue weighted by Crippen LogP contribution is -2.19. The van der Waals surface area contributed by atoms with Gasteiger partial charge in [-0.3, -0.25) is 9.36 Å². The second-order valence-electron chi connectivity index (χ2n) is 8.36. The SMILES string of the molecule is CCOC(=O)C[C@H]1O[C@H](c2cccc(OC)c2C)c2cc(C)ccc2-n2c1nnc2C(C)(F)F. The zero-order chi connectivity index (χ0) is 24.6. The van der Waals surface area contributed by atoms with Gasteiger partial charge < -0.3 is 14.2 Å². The normalized spacial score (nSPS) is 17.5. The smallest absolute Gasteiger partial charge is 0.308 e. The number of halogens is 2. The van der Waals surface area contributed by atoms with Crippen molar-refractivity contribution in [1.82, 2.24) is 14.8 Å². The van der Waals surface area contributed by atoms with Crippen molar-refractivity contribution in [3.8, 4) is 11.4 Å². The van der Waals surface area contributed by atoms with Crippen molar-refractivity contribution >= 4 is 5.97 Å². The third-order valence-corrected chi connectivity index (χ3v) is 5.86. The molecule has 1 aromatic heterocycles. The van der Waals surface area contributed by atoms with Gasteiger partial charge in [0.2, 0.25) is 5.82 Å². The first-order valence-electron chi connectivity index (χ1n) is 11.0. The van der Waals surface area contributed by atoms with E-state index in [-0.39, 0.29) is 18.9 Å². The number of nitrogens with zero attached hydrogens (tertiary/aromatic N) is 3. The fourth-order valence-electron chi connectivity index (χ4n) is 4.30. The summed E-state index contributed by atoms with van der Waals surface area (Å²) in [5, 5.41) is 7.85. The highest BCUT2D eigenvalue weighted by atomic mass is 19.3. The number of esters is 1. The van der Waals surface area contributed by atoms with Crippen LogP contribution in [0.3, 0.4) is 0 Å². The standard InChI is InChI=1S/C25H27F2N3O4/c1-6-33-21(31)13-20-23-28-29-24(25(4,26)27)30(23)18-11-10-14(2)12-17(18)22(34-20)16-8-7-9-19(32-5)15(16)3/h7-12,20,22H,6,13H2,1-5H3/t20-,22-/m1/s1. The molecule has 0 fully saturated rings. The number of hydrogen-bond donors (Lipinski definition) is 0. The van der Waals surface area contributed by atoms with Gasteiger partial charge in [-0.1, -0.05) is 29.8 Å². The predicted octanol–water partition coefficient (Wildman–Crippen LogP) is 5.12. The van der Waals surface area contributed by atoms with E-state index in [4.69, 9.17) is 14.2 Å². The van der Waals surface area contributed by atoms with Gasteiger partial charge >= 0.3 is 11.9 Å². The maximum absolute atomic E-state index is 14.6. The van der Waals surface area contributed by atoms with Crippen molar-refractivity contribution in [2.75, 3.05) is 13.7 Å². The highest BCUT2D eigenvalue weighted by Gasteiger charge is 2.40. The monoisotopic (exact) mass is 471 g/mol. The molecule has 2 atom stereocenters. The van der Waals surface area contributed by atoms with Crippen LogP contribution >= 0.6 is 0 Å². The van der Waals surface area contributed by atoms with Gasteiger partial charge in [-0.15, -0.1) is 10.2 Å². The quantitative estimate of drug-likeness (QED) is 0.465. The molecular formula is C25H27F2N3O4. The molecule has 34 heavy (non-hydrogen) atoms. The van der Waals surface area contributed by atoms with Crippen LogP contribution in [-0.4, -0.2) is 34.5 Å². The van der Waals surface area contributed by atoms with Crippen LogP contribution in [0.25, 0.3) is 5.69 Å². The van der Waals surface area contributed by atoms with Crippen LogP contribution in [0.5, 0.6) is 5.75 Å². The van der Waals surface area contributed by atoms with Gasteiger partial charge in [-0.25, -0.2) is 0 Å². The minimum atomic E-state index is -3.27. The topological polar surface area (TPSA) is 75.5 Å². The van der Waals surface area contributed by atoms with E-state index in [1.165, 1.54) is 4.57 Å². The van der Waals surface area contributed by atoms with Crippen molar-refractivity contribution in [2.24, 2.45) is 0 Å². The van der Waals surface area contributed by atoms with Gasteiger partial charge in [-0.2, -0.15) is 8.78 Å². The number of carbonyl (C=O) groups excluding carboxylic acids is 1. The van der Waals surface area contributed by atoms with E-state index in [9.17, 15) is 13.6 Å². The number of carbonyl (C=O) groups is 1. The molecule has 2 aromatic carbocycles. The van der Waals surface area contributed by atoms with Crippen LogP contribution in [0, 0.1) is 13.8 Å². The van der Waals surface area contributed by atoms with Gasteiger partial charge in [0.05, 0.1) is 25.8 Å². The zero-order valence-corrected chi connectivity index (χ0v) is 19.8. The van der Waals surface area contributed by atoms with E-state index in [1.54, 1.807) is 20.1 Å². The molecule has 1 aliphatic rings. The number of ether oxygens (including phenoxy) is 3. The Kier molecular flexibility index (Phi) is 6.40. The first kappa shape index (κ1) is 23.8. The van der Waals surface area contributed by atoms with Gasteiger partial charge in [0, 0.05) is 12.5 Å². The molecule has 0 bridgehead atoms. The Morgan fingerprint density at radius 1 is 1.18 bits per heavy atom. The van der Waals surface area contributed by atoms with E-state index in [2.05, 4.69) is 10.2 Å². The maximum Gasteiger partial charge on any atom is 0.308 e. The lowest BCUT2D eigenvalue weighted by Gasteiger charge is -2.24. The number of methoxy groups -OCH3 is 1. The Morgan fingerprint density at radius 3 is 2.62 bits per heavy atom. The molecule has 3 aromatic rings. The third-order valence-electron chi connectivity index (χ3n) is 5.86. The Bertz CT molecular complexity index is 1220. The molecule has 0 aliphatic carbocycles. The Morgan fingerprint density at radius 2 is 1.94 bits per heavy atom. The molecule has 2 heterocycles. The number of fused-ring (bicyclic) bond motifs is 3. The summed E-state index contributed by atoms with van der Waals surface area (Å²) < 4.78 is 47.6.